The Bertz CT molecular complexity index is 744. The lowest BCUT2D eigenvalue weighted by Gasteiger charge is -2.33. The molecule has 144 valence electrons. The lowest BCUT2D eigenvalue weighted by atomic mass is 10.0. The minimum absolute atomic E-state index is 0.0612. The van der Waals surface area contributed by atoms with Crippen LogP contribution >= 0.6 is 0 Å². The van der Waals surface area contributed by atoms with Crippen molar-refractivity contribution in [3.8, 4) is 0 Å². The van der Waals surface area contributed by atoms with E-state index in [4.69, 9.17) is 4.74 Å². The Hall–Kier alpha value is -2.34. The number of benzene rings is 2. The van der Waals surface area contributed by atoms with Gasteiger partial charge in [0.2, 0.25) is 5.91 Å². The highest BCUT2D eigenvalue weighted by atomic mass is 19.4. The predicted molar refractivity (Wildman–Crippen MR) is 96.1 cm³/mol. The third-order valence-corrected chi connectivity index (χ3v) is 4.73. The summed E-state index contributed by atoms with van der Waals surface area (Å²) >= 11 is 0. The van der Waals surface area contributed by atoms with E-state index in [-0.39, 0.29) is 12.0 Å². The van der Waals surface area contributed by atoms with Gasteiger partial charge in [-0.3, -0.25) is 4.79 Å². The van der Waals surface area contributed by atoms with E-state index in [2.05, 4.69) is 0 Å². The Morgan fingerprint density at radius 1 is 1.07 bits per heavy atom. The summed E-state index contributed by atoms with van der Waals surface area (Å²) in [5, 5.41) is 0. The number of alkyl halides is 3. The molecule has 0 saturated carbocycles. The first-order valence-corrected chi connectivity index (χ1v) is 9.04. The normalized spacial score (nSPS) is 17.7. The van der Waals surface area contributed by atoms with Crippen molar-refractivity contribution in [3.63, 3.8) is 0 Å². The molecule has 3 rings (SSSR count). The van der Waals surface area contributed by atoms with Gasteiger partial charge in [0.1, 0.15) is 6.10 Å². The van der Waals surface area contributed by atoms with Crippen molar-refractivity contribution < 1.29 is 22.7 Å². The van der Waals surface area contributed by atoms with Gasteiger partial charge >= 0.3 is 6.18 Å². The first-order chi connectivity index (χ1) is 12.9. The van der Waals surface area contributed by atoms with E-state index in [0.717, 1.165) is 25.0 Å². The van der Waals surface area contributed by atoms with Crippen LogP contribution in [0.25, 0.3) is 0 Å². The van der Waals surface area contributed by atoms with Crippen LogP contribution in [-0.2, 0) is 22.1 Å². The summed E-state index contributed by atoms with van der Waals surface area (Å²) < 4.78 is 43.7. The summed E-state index contributed by atoms with van der Waals surface area (Å²) in [7, 11) is 0. The number of hydrogen-bond donors (Lipinski definition) is 0. The highest BCUT2D eigenvalue weighted by Gasteiger charge is 2.31. The van der Waals surface area contributed by atoms with Crippen molar-refractivity contribution in [2.45, 2.75) is 31.5 Å². The summed E-state index contributed by atoms with van der Waals surface area (Å²) in [5.41, 5.74) is 1.18. The molecule has 1 saturated heterocycles. The fraction of sp³-hybridized carbons (Fsp3) is 0.381. The zero-order valence-electron chi connectivity index (χ0n) is 14.9. The Morgan fingerprint density at radius 3 is 2.44 bits per heavy atom. The highest BCUT2D eigenvalue weighted by Crippen LogP contribution is 2.31. The number of amides is 1. The monoisotopic (exact) mass is 377 g/mol. The molecular weight excluding hydrogens is 355 g/mol. The van der Waals surface area contributed by atoms with Gasteiger partial charge < -0.3 is 9.64 Å². The van der Waals surface area contributed by atoms with Crippen LogP contribution in [0.15, 0.2) is 54.6 Å². The average Bonchev–Trinajstić information content (AvgIpc) is 2.68. The second-order valence-electron chi connectivity index (χ2n) is 6.66. The van der Waals surface area contributed by atoms with Crippen LogP contribution in [0.1, 0.15) is 35.6 Å². The van der Waals surface area contributed by atoms with E-state index >= 15 is 0 Å². The third-order valence-electron chi connectivity index (χ3n) is 4.73. The number of carbonyl (C=O) groups excluding carboxylic acids is 1. The fourth-order valence-corrected chi connectivity index (χ4v) is 3.21. The van der Waals surface area contributed by atoms with Crippen LogP contribution in [0.5, 0.6) is 0 Å². The van der Waals surface area contributed by atoms with Crippen LogP contribution in [-0.4, -0.2) is 30.5 Å². The van der Waals surface area contributed by atoms with Gasteiger partial charge in [-0.1, -0.05) is 42.5 Å². The van der Waals surface area contributed by atoms with Gasteiger partial charge in [-0.25, -0.2) is 0 Å². The molecule has 1 aliphatic heterocycles. The Balaban J connectivity index is 1.53. The first kappa shape index (κ1) is 19.4. The van der Waals surface area contributed by atoms with Crippen LogP contribution in [0.2, 0.25) is 0 Å². The summed E-state index contributed by atoms with van der Waals surface area (Å²) in [6.45, 7) is 1.27. The molecule has 2 aromatic carbocycles. The summed E-state index contributed by atoms with van der Waals surface area (Å²) in [6, 6.07) is 15.0. The van der Waals surface area contributed by atoms with Gasteiger partial charge in [0, 0.05) is 13.0 Å². The van der Waals surface area contributed by atoms with Gasteiger partial charge in [0.25, 0.3) is 0 Å². The van der Waals surface area contributed by atoms with E-state index in [9.17, 15) is 18.0 Å². The molecule has 0 spiro atoms. The van der Waals surface area contributed by atoms with Gasteiger partial charge in [0.15, 0.2) is 0 Å². The molecule has 0 bridgehead atoms. The van der Waals surface area contributed by atoms with Gasteiger partial charge in [-0.05, 0) is 36.1 Å². The second kappa shape index (κ2) is 8.57. The predicted octanol–water partition coefficient (Wildman–Crippen LogP) is 4.63. The lowest BCUT2D eigenvalue weighted by Crippen LogP contribution is -2.42. The topological polar surface area (TPSA) is 29.5 Å². The zero-order chi connectivity index (χ0) is 19.3. The summed E-state index contributed by atoms with van der Waals surface area (Å²) in [6.07, 6.45) is -2.68. The molecule has 0 unspecified atom stereocenters. The van der Waals surface area contributed by atoms with Crippen LogP contribution in [0, 0.1) is 0 Å². The maximum Gasteiger partial charge on any atom is 0.416 e. The van der Waals surface area contributed by atoms with Gasteiger partial charge in [-0.2, -0.15) is 13.2 Å². The number of carbonyl (C=O) groups is 1. The number of morpholine rings is 1. The van der Waals surface area contributed by atoms with E-state index in [0.29, 0.717) is 31.7 Å². The molecule has 27 heavy (non-hydrogen) atoms. The molecule has 6 heteroatoms. The summed E-state index contributed by atoms with van der Waals surface area (Å²) in [4.78, 5) is 14.2. The van der Waals surface area contributed by atoms with Crippen molar-refractivity contribution >= 4 is 5.91 Å². The van der Waals surface area contributed by atoms with Gasteiger partial charge in [0.05, 0.1) is 18.7 Å². The molecule has 0 aliphatic carbocycles. The number of rotatable bonds is 5. The van der Waals surface area contributed by atoms with Crippen molar-refractivity contribution in [1.82, 2.24) is 4.90 Å². The third kappa shape index (κ3) is 5.32. The summed E-state index contributed by atoms with van der Waals surface area (Å²) in [5.74, 6) is 0.0612. The molecule has 1 atom stereocenters. The molecule has 1 fully saturated rings. The Kier molecular flexibility index (Phi) is 6.16. The minimum atomic E-state index is -4.35. The van der Waals surface area contributed by atoms with Crippen molar-refractivity contribution in [2.24, 2.45) is 0 Å². The molecule has 1 aliphatic rings. The standard InChI is InChI=1S/C21H22F3NO2/c22-21(23,24)18-11-9-17(10-12-18)19-15-25(13-14-27-19)20(26)8-4-7-16-5-2-1-3-6-16/h1-3,5-6,9-12,19H,4,7-8,13-15H2/t19-/m0/s1. The highest BCUT2D eigenvalue weighted by molar-refractivity contribution is 5.76. The minimum Gasteiger partial charge on any atom is -0.370 e. The second-order valence-corrected chi connectivity index (χ2v) is 6.66. The van der Waals surface area contributed by atoms with Gasteiger partial charge in [-0.15, -0.1) is 0 Å². The van der Waals surface area contributed by atoms with Crippen molar-refractivity contribution in [3.05, 3.63) is 71.3 Å². The quantitative estimate of drug-likeness (QED) is 0.760. The Morgan fingerprint density at radius 2 is 1.78 bits per heavy atom. The molecule has 1 heterocycles. The Labute approximate surface area is 156 Å². The smallest absolute Gasteiger partial charge is 0.370 e. The molecule has 0 radical (unpaired) electrons. The number of nitrogens with zero attached hydrogens (tertiary/aromatic N) is 1. The molecule has 0 aromatic heterocycles. The molecular formula is C21H22F3NO2. The molecule has 2 aromatic rings. The van der Waals surface area contributed by atoms with Crippen molar-refractivity contribution in [2.75, 3.05) is 19.7 Å². The zero-order valence-corrected chi connectivity index (χ0v) is 14.9. The largest absolute Gasteiger partial charge is 0.416 e. The molecule has 0 N–H and O–H groups in total. The van der Waals surface area contributed by atoms with Crippen LogP contribution < -0.4 is 0 Å². The SMILES string of the molecule is O=C(CCCc1ccccc1)N1CCO[C@H](c2ccc(C(F)(F)F)cc2)C1. The fourth-order valence-electron chi connectivity index (χ4n) is 3.21. The molecule has 3 nitrogen and oxygen atoms in total. The van der Waals surface area contributed by atoms with Crippen LogP contribution in [0.3, 0.4) is 0 Å². The number of hydrogen-bond acceptors (Lipinski definition) is 2. The first-order valence-electron chi connectivity index (χ1n) is 9.04. The number of aryl methyl sites for hydroxylation is 1. The number of ether oxygens (including phenoxy) is 1. The van der Waals surface area contributed by atoms with E-state index in [1.54, 1.807) is 4.90 Å². The van der Waals surface area contributed by atoms with E-state index in [1.807, 2.05) is 30.3 Å². The molecule has 1 amide bonds. The average molecular weight is 377 g/mol. The van der Waals surface area contributed by atoms with E-state index in [1.165, 1.54) is 17.7 Å². The van der Waals surface area contributed by atoms with Crippen molar-refractivity contribution in [1.29, 1.82) is 0 Å². The van der Waals surface area contributed by atoms with E-state index < -0.39 is 11.7 Å². The number of halogens is 3. The maximum absolute atomic E-state index is 12.7. The lowest BCUT2D eigenvalue weighted by molar-refractivity contribution is -0.139. The maximum atomic E-state index is 12.7. The van der Waals surface area contributed by atoms with Crippen LogP contribution in [0.4, 0.5) is 13.2 Å².